The van der Waals surface area contributed by atoms with Gasteiger partial charge in [0, 0.05) is 11.3 Å². The molecule has 0 bridgehead atoms. The molecule has 0 radical (unpaired) electrons. The van der Waals surface area contributed by atoms with Crippen molar-refractivity contribution in [3.63, 3.8) is 0 Å². The fourth-order valence-electron chi connectivity index (χ4n) is 1.89. The molecular weight excluding hydrogens is 288 g/mol. The van der Waals surface area contributed by atoms with E-state index in [0.29, 0.717) is 16.8 Å². The van der Waals surface area contributed by atoms with Gasteiger partial charge >= 0.3 is 0 Å². The van der Waals surface area contributed by atoms with Crippen molar-refractivity contribution < 1.29 is 14.3 Å². The topological polar surface area (TPSA) is 60.5 Å². The van der Waals surface area contributed by atoms with Crippen LogP contribution in [0.3, 0.4) is 0 Å². The zero-order valence-corrected chi connectivity index (χ0v) is 12.5. The Labute approximate surface area is 126 Å². The van der Waals surface area contributed by atoms with Crippen molar-refractivity contribution in [3.8, 4) is 11.5 Å². The van der Waals surface area contributed by atoms with Crippen molar-refractivity contribution in [1.29, 1.82) is 0 Å². The molecule has 1 aromatic heterocycles. The molecule has 0 aliphatic heterocycles. The zero-order valence-electron chi connectivity index (χ0n) is 11.7. The maximum Gasteiger partial charge on any atom is 0.264 e. The Morgan fingerprint density at radius 2 is 2.05 bits per heavy atom. The van der Waals surface area contributed by atoms with Crippen LogP contribution in [0.25, 0.3) is 0 Å². The van der Waals surface area contributed by atoms with Crippen LogP contribution < -0.4 is 14.8 Å². The molecule has 1 aromatic carbocycles. The number of thiazole rings is 1. The van der Waals surface area contributed by atoms with Crippen molar-refractivity contribution in [3.05, 3.63) is 35.3 Å². The predicted molar refractivity (Wildman–Crippen MR) is 81.2 cm³/mol. The number of hydrogen-bond acceptors (Lipinski definition) is 5. The lowest BCUT2D eigenvalue weighted by molar-refractivity contribution is -0.118. The van der Waals surface area contributed by atoms with Gasteiger partial charge in [0.1, 0.15) is 11.5 Å². The summed E-state index contributed by atoms with van der Waals surface area (Å²) in [5.41, 5.74) is 1.09. The molecule has 6 heteroatoms. The van der Waals surface area contributed by atoms with Crippen molar-refractivity contribution in [2.24, 2.45) is 0 Å². The molecule has 21 heavy (non-hydrogen) atoms. The molecule has 0 atom stereocenters. The Morgan fingerprint density at radius 3 is 2.71 bits per heavy atom. The molecule has 1 aliphatic carbocycles. The van der Waals surface area contributed by atoms with Crippen LogP contribution in [0.4, 0.5) is 5.13 Å². The zero-order chi connectivity index (χ0) is 14.7. The summed E-state index contributed by atoms with van der Waals surface area (Å²) >= 11 is 1.46. The molecule has 0 saturated heterocycles. The fraction of sp³-hybridized carbons (Fsp3) is 0.333. The van der Waals surface area contributed by atoms with E-state index in [0.717, 1.165) is 11.4 Å². The standard InChI is InChI=1S/C15H16N2O3S/c1-19-11-4-6-12(7-5-11)20-8-14(18)17-15-16-13(9-21-15)10-2-3-10/h4-7,9-10H,2-3,8H2,1H3,(H,16,17,18). The van der Waals surface area contributed by atoms with E-state index in [4.69, 9.17) is 9.47 Å². The SMILES string of the molecule is COc1ccc(OCC(=O)Nc2nc(C3CC3)cs2)cc1. The van der Waals surface area contributed by atoms with Gasteiger partial charge in [-0.15, -0.1) is 11.3 Å². The lowest BCUT2D eigenvalue weighted by Gasteiger charge is -2.06. The highest BCUT2D eigenvalue weighted by atomic mass is 32.1. The number of hydrogen-bond donors (Lipinski definition) is 1. The van der Waals surface area contributed by atoms with Gasteiger partial charge in [-0.2, -0.15) is 0 Å². The summed E-state index contributed by atoms with van der Waals surface area (Å²) in [7, 11) is 1.60. The molecule has 1 heterocycles. The molecule has 110 valence electrons. The molecule has 2 aromatic rings. The molecule has 1 amide bonds. The van der Waals surface area contributed by atoms with Gasteiger partial charge < -0.3 is 9.47 Å². The number of amides is 1. The number of anilines is 1. The second kappa shape index (κ2) is 6.13. The van der Waals surface area contributed by atoms with E-state index in [9.17, 15) is 4.79 Å². The first-order valence-electron chi connectivity index (χ1n) is 6.77. The van der Waals surface area contributed by atoms with Crippen LogP contribution >= 0.6 is 11.3 Å². The Hall–Kier alpha value is -2.08. The van der Waals surface area contributed by atoms with E-state index in [-0.39, 0.29) is 12.5 Å². The maximum absolute atomic E-state index is 11.8. The molecule has 1 aliphatic rings. The highest BCUT2D eigenvalue weighted by molar-refractivity contribution is 7.13. The van der Waals surface area contributed by atoms with Crippen molar-refractivity contribution >= 4 is 22.4 Å². The first kappa shape index (κ1) is 13.9. The van der Waals surface area contributed by atoms with E-state index in [1.807, 2.05) is 5.38 Å². The monoisotopic (exact) mass is 304 g/mol. The van der Waals surface area contributed by atoms with Gasteiger partial charge in [0.25, 0.3) is 5.91 Å². The summed E-state index contributed by atoms with van der Waals surface area (Å²) in [6.07, 6.45) is 2.41. The number of rotatable bonds is 6. The van der Waals surface area contributed by atoms with E-state index in [1.54, 1.807) is 31.4 Å². The Kier molecular flexibility index (Phi) is 4.06. The molecule has 3 rings (SSSR count). The van der Waals surface area contributed by atoms with Crippen LogP contribution in [-0.2, 0) is 4.79 Å². The van der Waals surface area contributed by atoms with E-state index >= 15 is 0 Å². The smallest absolute Gasteiger partial charge is 0.264 e. The molecule has 5 nitrogen and oxygen atoms in total. The first-order valence-corrected chi connectivity index (χ1v) is 7.64. The van der Waals surface area contributed by atoms with Crippen LogP contribution in [0.5, 0.6) is 11.5 Å². The van der Waals surface area contributed by atoms with Gasteiger partial charge in [-0.25, -0.2) is 4.98 Å². The Bertz CT molecular complexity index is 620. The molecule has 1 fully saturated rings. The summed E-state index contributed by atoms with van der Waals surface area (Å²) < 4.78 is 10.5. The lowest BCUT2D eigenvalue weighted by Crippen LogP contribution is -2.20. The first-order chi connectivity index (χ1) is 10.2. The van der Waals surface area contributed by atoms with Crippen molar-refractivity contribution in [1.82, 2.24) is 4.98 Å². The van der Waals surface area contributed by atoms with E-state index in [1.165, 1.54) is 24.2 Å². The van der Waals surface area contributed by atoms with E-state index < -0.39 is 0 Å². The van der Waals surface area contributed by atoms with Crippen LogP contribution in [-0.4, -0.2) is 24.6 Å². The van der Waals surface area contributed by atoms with Crippen LogP contribution in [0.15, 0.2) is 29.6 Å². The number of nitrogens with zero attached hydrogens (tertiary/aromatic N) is 1. The third-order valence-electron chi connectivity index (χ3n) is 3.19. The van der Waals surface area contributed by atoms with Gasteiger partial charge in [0.15, 0.2) is 11.7 Å². The quantitative estimate of drug-likeness (QED) is 0.891. The van der Waals surface area contributed by atoms with Gasteiger partial charge in [-0.1, -0.05) is 0 Å². The average molecular weight is 304 g/mol. The van der Waals surface area contributed by atoms with Crippen LogP contribution in [0.2, 0.25) is 0 Å². The minimum atomic E-state index is -0.206. The van der Waals surface area contributed by atoms with Crippen molar-refractivity contribution in [2.45, 2.75) is 18.8 Å². The van der Waals surface area contributed by atoms with Crippen LogP contribution in [0.1, 0.15) is 24.5 Å². The summed E-state index contributed by atoms with van der Waals surface area (Å²) in [6.45, 7) is -0.0370. The molecule has 0 spiro atoms. The number of ether oxygens (including phenoxy) is 2. The predicted octanol–water partition coefficient (Wildman–Crippen LogP) is 3.05. The summed E-state index contributed by atoms with van der Waals surface area (Å²) in [4.78, 5) is 16.2. The third-order valence-corrected chi connectivity index (χ3v) is 3.97. The third kappa shape index (κ3) is 3.72. The number of benzene rings is 1. The van der Waals surface area contributed by atoms with Crippen molar-refractivity contribution in [2.75, 3.05) is 19.0 Å². The summed E-state index contributed by atoms with van der Waals surface area (Å²) in [6, 6.07) is 7.10. The summed E-state index contributed by atoms with van der Waals surface area (Å²) in [5.74, 6) is 1.77. The number of carbonyl (C=O) groups excluding carboxylic acids is 1. The second-order valence-corrected chi connectivity index (χ2v) is 5.72. The van der Waals surface area contributed by atoms with Gasteiger partial charge in [0.05, 0.1) is 12.8 Å². The maximum atomic E-state index is 11.8. The molecule has 1 saturated carbocycles. The second-order valence-electron chi connectivity index (χ2n) is 4.86. The normalized spacial score (nSPS) is 13.8. The highest BCUT2D eigenvalue weighted by Gasteiger charge is 2.26. The number of methoxy groups -OCH3 is 1. The Balaban J connectivity index is 1.48. The molecule has 0 unspecified atom stereocenters. The molecule has 1 N–H and O–H groups in total. The number of aromatic nitrogens is 1. The number of nitrogens with one attached hydrogen (secondary N) is 1. The van der Waals surface area contributed by atoms with Gasteiger partial charge in [-0.3, -0.25) is 10.1 Å². The minimum Gasteiger partial charge on any atom is -0.497 e. The fourth-order valence-corrected chi connectivity index (χ4v) is 2.69. The van der Waals surface area contributed by atoms with E-state index in [2.05, 4.69) is 10.3 Å². The number of carbonyl (C=O) groups is 1. The Morgan fingerprint density at radius 1 is 1.33 bits per heavy atom. The molecular formula is C15H16N2O3S. The van der Waals surface area contributed by atoms with Crippen LogP contribution in [0, 0.1) is 0 Å². The minimum absolute atomic E-state index is 0.0370. The lowest BCUT2D eigenvalue weighted by atomic mass is 10.3. The average Bonchev–Trinajstić information content (AvgIpc) is 3.26. The van der Waals surface area contributed by atoms with Gasteiger partial charge in [-0.05, 0) is 37.1 Å². The largest absolute Gasteiger partial charge is 0.497 e. The summed E-state index contributed by atoms with van der Waals surface area (Å²) in [5, 5.41) is 5.41. The van der Waals surface area contributed by atoms with Gasteiger partial charge in [0.2, 0.25) is 0 Å². The highest BCUT2D eigenvalue weighted by Crippen LogP contribution is 2.40.